The number of pyridine rings is 1. The van der Waals surface area contributed by atoms with E-state index in [-0.39, 0.29) is 30.3 Å². The molecule has 1 heterocycles. The van der Waals surface area contributed by atoms with Crippen LogP contribution in [0.1, 0.15) is 43.0 Å². The molecule has 4 nitrogen and oxygen atoms in total. The number of rotatable bonds is 9. The number of Topliss-reactive ketones (excluding diaryl/α,β-unsaturated/α-hetero) is 1. The van der Waals surface area contributed by atoms with Gasteiger partial charge in [0, 0.05) is 30.0 Å². The van der Waals surface area contributed by atoms with Crippen molar-refractivity contribution in [3.8, 4) is 11.5 Å². The van der Waals surface area contributed by atoms with E-state index < -0.39 is 12.8 Å². The van der Waals surface area contributed by atoms with Gasteiger partial charge in [-0.05, 0) is 36.3 Å². The lowest BCUT2D eigenvalue weighted by molar-refractivity contribution is -0.153. The molecule has 0 saturated carbocycles. The molecule has 0 spiro atoms. The summed E-state index contributed by atoms with van der Waals surface area (Å²) in [5.41, 5.74) is 3.23. The highest BCUT2D eigenvalue weighted by atomic mass is 19.4. The summed E-state index contributed by atoms with van der Waals surface area (Å²) in [5, 5.41) is 0. The van der Waals surface area contributed by atoms with E-state index in [0.717, 1.165) is 16.7 Å². The van der Waals surface area contributed by atoms with Crippen molar-refractivity contribution in [1.82, 2.24) is 4.98 Å². The monoisotopic (exact) mass is 407 g/mol. The molecule has 0 saturated heterocycles. The van der Waals surface area contributed by atoms with E-state index >= 15 is 0 Å². The van der Waals surface area contributed by atoms with Crippen molar-refractivity contribution in [2.45, 2.75) is 38.8 Å². The van der Waals surface area contributed by atoms with Crippen LogP contribution >= 0.6 is 0 Å². The number of carbonyl (C=O) groups is 1. The van der Waals surface area contributed by atoms with Gasteiger partial charge in [-0.3, -0.25) is 9.78 Å². The first kappa shape index (κ1) is 22.5. The Hall–Kier alpha value is -2.83. The molecule has 0 radical (unpaired) electrons. The molecule has 0 amide bonds. The smallest absolute Gasteiger partial charge is 0.422 e. The number of ketones is 1. The summed E-state index contributed by atoms with van der Waals surface area (Å²) >= 11 is 0. The van der Waals surface area contributed by atoms with Crippen molar-refractivity contribution in [3.05, 3.63) is 59.9 Å². The first-order valence-corrected chi connectivity index (χ1v) is 9.09. The highest BCUT2D eigenvalue weighted by Gasteiger charge is 2.28. The average molecular weight is 407 g/mol. The average Bonchev–Trinajstić information content (AvgIpc) is 2.65. The molecule has 0 aliphatic carbocycles. The van der Waals surface area contributed by atoms with Gasteiger partial charge in [0.2, 0.25) is 0 Å². The van der Waals surface area contributed by atoms with Crippen LogP contribution in [-0.4, -0.2) is 30.7 Å². The van der Waals surface area contributed by atoms with E-state index in [4.69, 9.17) is 4.74 Å². The molecular formula is C22H24F3NO3. The fourth-order valence-electron chi connectivity index (χ4n) is 2.88. The second-order valence-corrected chi connectivity index (χ2v) is 6.96. The van der Waals surface area contributed by atoms with E-state index in [1.54, 1.807) is 13.2 Å². The number of hydrogen-bond donors (Lipinski definition) is 0. The number of carbonyl (C=O) groups excluding carboxylic acids is 1. The van der Waals surface area contributed by atoms with Crippen LogP contribution in [0.3, 0.4) is 0 Å². The summed E-state index contributed by atoms with van der Waals surface area (Å²) < 4.78 is 46.6. The molecule has 0 aliphatic rings. The van der Waals surface area contributed by atoms with Crippen LogP contribution in [-0.2, 0) is 11.2 Å². The normalized spacial score (nSPS) is 12.3. The van der Waals surface area contributed by atoms with Crippen molar-refractivity contribution >= 4 is 11.4 Å². The molecule has 0 fully saturated rings. The second-order valence-electron chi connectivity index (χ2n) is 6.96. The van der Waals surface area contributed by atoms with Gasteiger partial charge in [0.25, 0.3) is 0 Å². The van der Waals surface area contributed by atoms with Gasteiger partial charge in [0.05, 0.1) is 13.3 Å². The van der Waals surface area contributed by atoms with Crippen LogP contribution in [0, 0.1) is 0 Å². The maximum atomic E-state index is 12.5. The predicted octanol–water partition coefficient (Wildman–Crippen LogP) is 5.37. The highest BCUT2D eigenvalue weighted by molar-refractivity contribution is 5.82. The van der Waals surface area contributed by atoms with Gasteiger partial charge >= 0.3 is 6.18 Å². The predicted molar refractivity (Wildman–Crippen MR) is 105 cm³/mol. The largest absolute Gasteiger partial charge is 0.496 e. The minimum atomic E-state index is -4.40. The van der Waals surface area contributed by atoms with Crippen molar-refractivity contribution in [2.24, 2.45) is 0 Å². The maximum absolute atomic E-state index is 12.5. The second kappa shape index (κ2) is 9.58. The SMILES string of the molecule is C=C(C)c1ccc(CC(=O)C[C@H](C)c2ccc(OCC(F)(F)F)cn2)cc1OC. The lowest BCUT2D eigenvalue weighted by Crippen LogP contribution is -2.19. The Balaban J connectivity index is 1.96. The first-order chi connectivity index (χ1) is 13.6. The van der Waals surface area contributed by atoms with Crippen molar-refractivity contribution in [1.29, 1.82) is 0 Å². The third-order valence-corrected chi connectivity index (χ3v) is 4.33. The van der Waals surface area contributed by atoms with Crippen LogP contribution in [0.15, 0.2) is 43.1 Å². The summed E-state index contributed by atoms with van der Waals surface area (Å²) in [6, 6.07) is 8.59. The number of allylic oxidation sites excluding steroid dienone is 1. The molecule has 29 heavy (non-hydrogen) atoms. The maximum Gasteiger partial charge on any atom is 0.422 e. The number of aromatic nitrogens is 1. The molecule has 1 aromatic heterocycles. The first-order valence-electron chi connectivity index (χ1n) is 9.09. The molecule has 2 aromatic rings. The number of benzene rings is 1. The lowest BCUT2D eigenvalue weighted by atomic mass is 9.95. The van der Waals surface area contributed by atoms with Crippen molar-refractivity contribution < 1.29 is 27.4 Å². The van der Waals surface area contributed by atoms with E-state index in [2.05, 4.69) is 16.3 Å². The molecule has 0 aliphatic heterocycles. The zero-order chi connectivity index (χ0) is 21.6. The van der Waals surface area contributed by atoms with E-state index in [1.807, 2.05) is 32.0 Å². The standard InChI is InChI=1S/C22H24F3NO3/c1-14(2)19-7-5-16(11-21(19)28-4)10-17(27)9-15(3)20-8-6-18(12-26-20)29-13-22(23,24)25/h5-8,11-12,15H,1,9-10,13H2,2-4H3/t15-/m0/s1. The number of alkyl halides is 3. The van der Waals surface area contributed by atoms with E-state index in [1.165, 1.54) is 12.3 Å². The Morgan fingerprint density at radius 2 is 1.97 bits per heavy atom. The number of nitrogens with zero attached hydrogens (tertiary/aromatic N) is 1. The van der Waals surface area contributed by atoms with Gasteiger partial charge in [-0.15, -0.1) is 0 Å². The van der Waals surface area contributed by atoms with Crippen LogP contribution < -0.4 is 9.47 Å². The molecule has 1 atom stereocenters. The summed E-state index contributed by atoms with van der Waals surface area (Å²) in [7, 11) is 1.57. The zero-order valence-corrected chi connectivity index (χ0v) is 16.7. The van der Waals surface area contributed by atoms with Gasteiger partial charge in [0.1, 0.15) is 17.3 Å². The Bertz CT molecular complexity index is 861. The fourth-order valence-corrected chi connectivity index (χ4v) is 2.88. The number of halogens is 3. The molecule has 0 unspecified atom stereocenters. The molecule has 2 rings (SSSR count). The molecule has 156 valence electrons. The summed E-state index contributed by atoms with van der Waals surface area (Å²) in [6.45, 7) is 6.28. The number of hydrogen-bond acceptors (Lipinski definition) is 4. The van der Waals surface area contributed by atoms with Crippen LogP contribution in [0.5, 0.6) is 11.5 Å². The van der Waals surface area contributed by atoms with Crippen molar-refractivity contribution in [3.63, 3.8) is 0 Å². The molecule has 0 bridgehead atoms. The van der Waals surface area contributed by atoms with Gasteiger partial charge < -0.3 is 9.47 Å². The highest BCUT2D eigenvalue weighted by Crippen LogP contribution is 2.27. The Kier molecular flexibility index (Phi) is 7.42. The van der Waals surface area contributed by atoms with E-state index in [9.17, 15) is 18.0 Å². The van der Waals surface area contributed by atoms with Crippen LogP contribution in [0.4, 0.5) is 13.2 Å². The van der Waals surface area contributed by atoms with Crippen molar-refractivity contribution in [2.75, 3.05) is 13.7 Å². The summed E-state index contributed by atoms with van der Waals surface area (Å²) in [6.07, 6.45) is -2.64. The number of methoxy groups -OCH3 is 1. The molecule has 1 aromatic carbocycles. The van der Waals surface area contributed by atoms with Crippen LogP contribution in [0.25, 0.3) is 5.57 Å². The molecular weight excluding hydrogens is 383 g/mol. The summed E-state index contributed by atoms with van der Waals surface area (Å²) in [5.74, 6) is 0.568. The third kappa shape index (κ3) is 6.93. The van der Waals surface area contributed by atoms with Gasteiger partial charge in [-0.25, -0.2) is 0 Å². The Labute approximate surface area is 168 Å². The lowest BCUT2D eigenvalue weighted by Gasteiger charge is -2.13. The quantitative estimate of drug-likeness (QED) is 0.561. The third-order valence-electron chi connectivity index (χ3n) is 4.33. The minimum Gasteiger partial charge on any atom is -0.496 e. The van der Waals surface area contributed by atoms with Gasteiger partial charge in [0.15, 0.2) is 6.61 Å². The van der Waals surface area contributed by atoms with E-state index in [0.29, 0.717) is 11.4 Å². The van der Waals surface area contributed by atoms with Gasteiger partial charge in [-0.2, -0.15) is 13.2 Å². The summed E-state index contributed by atoms with van der Waals surface area (Å²) in [4.78, 5) is 16.6. The Morgan fingerprint density at radius 1 is 1.24 bits per heavy atom. The van der Waals surface area contributed by atoms with Crippen LogP contribution in [0.2, 0.25) is 0 Å². The number of ether oxygens (including phenoxy) is 2. The molecule has 0 N–H and O–H groups in total. The minimum absolute atomic E-state index is 0.0295. The fraction of sp³-hybridized carbons (Fsp3) is 0.364. The Morgan fingerprint density at radius 3 is 2.52 bits per heavy atom. The topological polar surface area (TPSA) is 48.4 Å². The van der Waals surface area contributed by atoms with Gasteiger partial charge in [-0.1, -0.05) is 25.6 Å². The molecule has 7 heteroatoms. The zero-order valence-electron chi connectivity index (χ0n) is 16.7.